The van der Waals surface area contributed by atoms with Crippen LogP contribution in [0.4, 0.5) is 0 Å². The summed E-state index contributed by atoms with van der Waals surface area (Å²) in [6, 6.07) is 81.3. The average Bonchev–Trinajstić information content (AvgIpc) is 3.53. The summed E-state index contributed by atoms with van der Waals surface area (Å²) in [5.41, 5.74) is 4.11. The van der Waals surface area contributed by atoms with E-state index in [9.17, 15) is 0 Å². The second-order valence-corrected chi connectivity index (χ2v) is 16.6. The molecule has 0 saturated heterocycles. The van der Waals surface area contributed by atoms with Crippen LogP contribution >= 0.6 is 0 Å². The smallest absolute Gasteiger partial charge is 0.430 e. The van der Waals surface area contributed by atoms with Gasteiger partial charge in [0.1, 0.15) is 11.5 Å². The molecule has 0 radical (unpaired) electrons. The molecule has 0 bridgehead atoms. The van der Waals surface area contributed by atoms with Gasteiger partial charge >= 0.3 is 6.92 Å². The highest BCUT2D eigenvalue weighted by molar-refractivity contribution is 6.81. The zero-order valence-electron chi connectivity index (χ0n) is 34.3. The zero-order chi connectivity index (χ0) is 41.4. The molecule has 0 amide bonds. The second kappa shape index (κ2) is 14.2. The summed E-state index contributed by atoms with van der Waals surface area (Å²) in [5, 5.41) is 19.5. The van der Waals surface area contributed by atoms with Crippen molar-refractivity contribution in [3.63, 3.8) is 0 Å². The summed E-state index contributed by atoms with van der Waals surface area (Å²) in [7, 11) is 0. The number of hydrogen-bond donors (Lipinski definition) is 0. The van der Waals surface area contributed by atoms with Crippen LogP contribution in [-0.4, -0.2) is 6.92 Å². The third kappa shape index (κ3) is 5.60. The van der Waals surface area contributed by atoms with Crippen LogP contribution in [0.5, 0.6) is 17.2 Å². The molecule has 292 valence electrons. The van der Waals surface area contributed by atoms with Crippen molar-refractivity contribution in [3.8, 4) is 28.4 Å². The summed E-state index contributed by atoms with van der Waals surface area (Å²) >= 11 is 0. The monoisotopic (exact) mass is 800 g/mol. The molecule has 0 unspecified atom stereocenters. The van der Waals surface area contributed by atoms with Gasteiger partial charge < -0.3 is 9.39 Å². The van der Waals surface area contributed by atoms with Gasteiger partial charge in [0.05, 0.1) is 0 Å². The minimum absolute atomic E-state index is 0.312. The molecular formula is C60H37BO2. The Morgan fingerprint density at radius 2 is 0.651 bits per heavy atom. The van der Waals surface area contributed by atoms with Crippen LogP contribution in [0.1, 0.15) is 0 Å². The van der Waals surface area contributed by atoms with E-state index in [1.54, 1.807) is 0 Å². The van der Waals surface area contributed by atoms with E-state index >= 15 is 0 Å². The van der Waals surface area contributed by atoms with Crippen LogP contribution in [0.25, 0.3) is 97.3 Å². The van der Waals surface area contributed by atoms with E-state index in [-0.39, 0.29) is 6.92 Å². The van der Waals surface area contributed by atoms with E-state index in [1.165, 1.54) is 86.2 Å². The average molecular weight is 801 g/mol. The van der Waals surface area contributed by atoms with Gasteiger partial charge in [-0.2, -0.15) is 0 Å². The third-order valence-electron chi connectivity index (χ3n) is 13.2. The quantitative estimate of drug-likeness (QED) is 0.162. The highest BCUT2D eigenvalue weighted by atomic mass is 16.5. The van der Waals surface area contributed by atoms with Gasteiger partial charge in [0.15, 0.2) is 5.75 Å². The summed E-state index contributed by atoms with van der Waals surface area (Å²) < 4.78 is 13.8. The Hall–Kier alpha value is -8.14. The molecule has 3 heteroatoms. The second-order valence-electron chi connectivity index (χ2n) is 16.6. The highest BCUT2D eigenvalue weighted by Crippen LogP contribution is 2.46. The molecule has 0 fully saturated rings. The fourth-order valence-electron chi connectivity index (χ4n) is 10.3. The Morgan fingerprint density at radius 3 is 1.14 bits per heavy atom. The summed E-state index contributed by atoms with van der Waals surface area (Å²) in [5.74, 6) is 2.22. The lowest BCUT2D eigenvalue weighted by molar-refractivity contribution is 0.467. The minimum atomic E-state index is -0.312. The van der Waals surface area contributed by atoms with E-state index in [2.05, 4.69) is 200 Å². The maximum atomic E-state index is 6.93. The van der Waals surface area contributed by atoms with Crippen molar-refractivity contribution in [2.75, 3.05) is 0 Å². The molecule has 1 aliphatic heterocycles. The highest BCUT2D eigenvalue weighted by Gasteiger charge is 2.32. The van der Waals surface area contributed by atoms with Gasteiger partial charge in [-0.1, -0.05) is 194 Å². The number of benzene rings is 10. The van der Waals surface area contributed by atoms with Crippen molar-refractivity contribution in [2.45, 2.75) is 0 Å². The normalized spacial score (nSPS) is 12.3. The van der Waals surface area contributed by atoms with Crippen molar-refractivity contribution >= 4 is 104 Å². The largest absolute Gasteiger partial charge is 0.549 e. The molecule has 0 spiro atoms. The maximum Gasteiger partial charge on any atom is 0.430 e. The van der Waals surface area contributed by atoms with Gasteiger partial charge in [-0.05, 0) is 128 Å². The molecule has 0 atom stereocenters. The van der Waals surface area contributed by atoms with E-state index in [0.29, 0.717) is 11.5 Å². The molecule has 63 heavy (non-hydrogen) atoms. The van der Waals surface area contributed by atoms with E-state index < -0.39 is 0 Å². The van der Waals surface area contributed by atoms with Crippen molar-refractivity contribution in [2.24, 2.45) is 0 Å². The molecular weight excluding hydrogens is 763 g/mol. The summed E-state index contributed by atoms with van der Waals surface area (Å²) in [6.45, 7) is -0.312. The molecule has 0 saturated carbocycles. The van der Waals surface area contributed by atoms with Gasteiger partial charge in [-0.15, -0.1) is 0 Å². The first-order valence-corrected chi connectivity index (χ1v) is 21.7. The first kappa shape index (κ1) is 35.6. The number of hydrogen-bond acceptors (Lipinski definition) is 2. The van der Waals surface area contributed by atoms with Crippen molar-refractivity contribution in [1.29, 1.82) is 0 Å². The first-order valence-electron chi connectivity index (χ1n) is 21.7. The molecule has 0 N–H and O–H groups in total. The molecule has 13 rings (SSSR count). The Kier molecular flexibility index (Phi) is 8.04. The summed E-state index contributed by atoms with van der Waals surface area (Å²) in [4.78, 5) is 0. The Balaban J connectivity index is 1.14. The van der Waals surface area contributed by atoms with E-state index in [1.807, 2.05) is 24.3 Å². The predicted molar refractivity (Wildman–Crippen MR) is 268 cm³/mol. The van der Waals surface area contributed by atoms with Crippen LogP contribution in [0.3, 0.4) is 0 Å². The lowest BCUT2D eigenvalue weighted by Gasteiger charge is -2.17. The maximum absolute atomic E-state index is 6.93. The lowest BCUT2D eigenvalue weighted by atomic mass is 9.55. The Morgan fingerprint density at radius 1 is 0.270 bits per heavy atom. The van der Waals surface area contributed by atoms with Gasteiger partial charge in [0, 0.05) is 11.0 Å². The fraction of sp³-hybridized carbons (Fsp3) is 0. The van der Waals surface area contributed by atoms with Crippen LogP contribution in [0.15, 0.2) is 224 Å². The SMILES string of the molecule is c1ccc(B2Oc3cccc(-c4ccc5c6ccccc6c6cc7c8ccccc8c8ccccc8c8ccccc8c7cc6c6ccccc6c5c4)c3Oc3ccccc32)cc1. The number of rotatable bonds is 2. The lowest BCUT2D eigenvalue weighted by Crippen LogP contribution is -2.47. The number of fused-ring (bicyclic) bond motifs is 18. The third-order valence-corrected chi connectivity index (χ3v) is 13.2. The van der Waals surface area contributed by atoms with Crippen LogP contribution in [0.2, 0.25) is 0 Å². The first-order chi connectivity index (χ1) is 31.3. The predicted octanol–water partition coefficient (Wildman–Crippen LogP) is 15.0. The standard InChI is InChI=1S/C60H37BO2/c1-2-17-39(18-3-1)61-57-30-14-15-31-58(57)62-60-40(29-16-32-59(60)63-61)38-33-34-51-45-23-8-11-26-48(45)55-36-53-46-24-9-6-21-43(46)41-19-4-5-20-42(41)44-22-7-10-25-47(44)54(53)37-56(55)50-28-13-12-27-49(50)52(51)35-38/h1-37H. The topological polar surface area (TPSA) is 18.5 Å². The van der Waals surface area contributed by atoms with Crippen molar-refractivity contribution in [1.82, 2.24) is 0 Å². The van der Waals surface area contributed by atoms with Gasteiger partial charge in [-0.25, -0.2) is 0 Å². The van der Waals surface area contributed by atoms with Crippen LogP contribution in [0, 0.1) is 0 Å². The number of para-hydroxylation sites is 2. The molecule has 2 nitrogen and oxygen atoms in total. The van der Waals surface area contributed by atoms with E-state index in [4.69, 9.17) is 9.39 Å². The Bertz CT molecular complexity index is 3930. The van der Waals surface area contributed by atoms with Crippen molar-refractivity contribution in [3.05, 3.63) is 224 Å². The van der Waals surface area contributed by atoms with Crippen LogP contribution in [-0.2, 0) is 0 Å². The Labute approximate surface area is 364 Å². The fourth-order valence-corrected chi connectivity index (χ4v) is 10.3. The molecule has 0 aromatic heterocycles. The van der Waals surface area contributed by atoms with E-state index in [0.717, 1.165) is 27.8 Å². The van der Waals surface area contributed by atoms with Gasteiger partial charge in [-0.3, -0.25) is 0 Å². The van der Waals surface area contributed by atoms with Gasteiger partial charge in [0.2, 0.25) is 0 Å². The molecule has 0 aliphatic carbocycles. The molecule has 1 aliphatic rings. The molecule has 1 heterocycles. The minimum Gasteiger partial charge on any atom is -0.549 e. The molecule has 12 aromatic rings. The number of ether oxygens (including phenoxy) is 1. The van der Waals surface area contributed by atoms with Crippen LogP contribution < -0.4 is 20.3 Å². The van der Waals surface area contributed by atoms with Crippen molar-refractivity contribution < 1.29 is 9.39 Å². The summed E-state index contributed by atoms with van der Waals surface area (Å²) in [6.07, 6.45) is 0. The molecule has 12 aromatic carbocycles. The van der Waals surface area contributed by atoms with Gasteiger partial charge in [0.25, 0.3) is 0 Å². The zero-order valence-corrected chi connectivity index (χ0v) is 34.3.